The maximum absolute atomic E-state index is 12.5. The predicted octanol–water partition coefficient (Wildman–Crippen LogP) is 2.97. The van der Waals surface area contributed by atoms with Gasteiger partial charge in [0.05, 0.1) is 5.92 Å². The van der Waals surface area contributed by atoms with Gasteiger partial charge in [0.25, 0.3) is 0 Å². The average molecular weight is 268 g/mol. The first-order chi connectivity index (χ1) is 8.16. The summed E-state index contributed by atoms with van der Waals surface area (Å²) in [6.07, 6.45) is -3.41. The number of hydrogen-bond acceptors (Lipinski definition) is 2. The Bertz CT molecular complexity index is 293. The van der Waals surface area contributed by atoms with E-state index in [9.17, 15) is 23.1 Å². The van der Waals surface area contributed by atoms with Crippen molar-refractivity contribution in [2.75, 3.05) is 0 Å². The first-order valence-electron chi connectivity index (χ1n) is 6.17. The molecule has 0 spiro atoms. The lowest BCUT2D eigenvalue weighted by Gasteiger charge is -2.37. The fraction of sp³-hybridized carbons (Fsp3) is 0.917. The van der Waals surface area contributed by atoms with E-state index in [1.807, 2.05) is 0 Å². The number of halogens is 3. The van der Waals surface area contributed by atoms with Gasteiger partial charge >= 0.3 is 12.1 Å². The van der Waals surface area contributed by atoms with Crippen molar-refractivity contribution >= 4 is 5.97 Å². The largest absolute Gasteiger partial charge is 0.481 e. The summed E-state index contributed by atoms with van der Waals surface area (Å²) < 4.78 is 37.6. The Hall–Kier alpha value is -0.780. The Morgan fingerprint density at radius 1 is 1.39 bits per heavy atom. The molecule has 1 rings (SSSR count). The maximum atomic E-state index is 12.5. The maximum Gasteiger partial charge on any atom is 0.417 e. The van der Waals surface area contributed by atoms with Crippen LogP contribution < -0.4 is 0 Å². The molecule has 1 atom stereocenters. The molecular formula is C12H19F3O3. The lowest BCUT2D eigenvalue weighted by atomic mass is 9.76. The van der Waals surface area contributed by atoms with Crippen molar-refractivity contribution in [2.24, 2.45) is 11.8 Å². The quantitative estimate of drug-likeness (QED) is 0.824. The Morgan fingerprint density at radius 3 is 2.28 bits per heavy atom. The standard InChI is InChI=1S/C12H19F3O3/c1-8(10(16)17)2-3-9-4-6-11(18,7-5-9)12(13,14)15/h8-9,18H,2-7H2,1H3,(H,16,17). The summed E-state index contributed by atoms with van der Waals surface area (Å²) in [5, 5.41) is 18.2. The minimum Gasteiger partial charge on any atom is -0.481 e. The van der Waals surface area contributed by atoms with E-state index in [2.05, 4.69) is 0 Å². The third kappa shape index (κ3) is 3.60. The van der Waals surface area contributed by atoms with Crippen LogP contribution in [0.15, 0.2) is 0 Å². The van der Waals surface area contributed by atoms with Crippen molar-refractivity contribution in [1.82, 2.24) is 0 Å². The summed E-state index contributed by atoms with van der Waals surface area (Å²) in [5.41, 5.74) is -2.54. The molecule has 0 saturated heterocycles. The van der Waals surface area contributed by atoms with Crippen LogP contribution in [0.25, 0.3) is 0 Å². The molecule has 1 aliphatic rings. The second-order valence-electron chi connectivity index (χ2n) is 5.29. The zero-order valence-corrected chi connectivity index (χ0v) is 10.3. The molecule has 0 aromatic carbocycles. The van der Waals surface area contributed by atoms with E-state index in [0.29, 0.717) is 25.7 Å². The van der Waals surface area contributed by atoms with E-state index in [0.717, 1.165) is 0 Å². The number of aliphatic carboxylic acids is 1. The highest BCUT2D eigenvalue weighted by atomic mass is 19.4. The van der Waals surface area contributed by atoms with E-state index >= 15 is 0 Å². The van der Waals surface area contributed by atoms with Crippen molar-refractivity contribution in [3.63, 3.8) is 0 Å². The van der Waals surface area contributed by atoms with E-state index in [4.69, 9.17) is 5.11 Å². The molecule has 0 aromatic heterocycles. The Labute approximate surface area is 104 Å². The first kappa shape index (κ1) is 15.3. The minimum atomic E-state index is -4.56. The molecule has 1 unspecified atom stereocenters. The number of aliphatic hydroxyl groups is 1. The van der Waals surface area contributed by atoms with Crippen molar-refractivity contribution in [3.8, 4) is 0 Å². The lowest BCUT2D eigenvalue weighted by molar-refractivity contribution is -0.272. The van der Waals surface area contributed by atoms with E-state index in [1.165, 1.54) is 0 Å². The molecule has 0 bridgehead atoms. The van der Waals surface area contributed by atoms with E-state index in [1.54, 1.807) is 6.92 Å². The SMILES string of the molecule is CC(CCC1CCC(O)(C(F)(F)F)CC1)C(=O)O. The number of hydrogen-bond donors (Lipinski definition) is 2. The van der Waals surface area contributed by atoms with Crippen LogP contribution in [0, 0.1) is 11.8 Å². The number of carboxylic acid groups (broad SMARTS) is 1. The predicted molar refractivity (Wildman–Crippen MR) is 59.0 cm³/mol. The van der Waals surface area contributed by atoms with Crippen LogP contribution in [0.1, 0.15) is 45.4 Å². The zero-order valence-electron chi connectivity index (χ0n) is 10.3. The molecule has 0 radical (unpaired) electrons. The van der Waals surface area contributed by atoms with Gasteiger partial charge in [0, 0.05) is 0 Å². The summed E-state index contributed by atoms with van der Waals surface area (Å²) in [5.74, 6) is -1.25. The Morgan fingerprint density at radius 2 is 1.89 bits per heavy atom. The highest BCUT2D eigenvalue weighted by Gasteiger charge is 2.54. The monoisotopic (exact) mass is 268 g/mol. The van der Waals surface area contributed by atoms with E-state index in [-0.39, 0.29) is 18.8 Å². The van der Waals surface area contributed by atoms with Crippen LogP contribution in [0.5, 0.6) is 0 Å². The van der Waals surface area contributed by atoms with Crippen molar-refractivity contribution in [1.29, 1.82) is 0 Å². The van der Waals surface area contributed by atoms with Crippen molar-refractivity contribution < 1.29 is 28.2 Å². The summed E-state index contributed by atoms with van der Waals surface area (Å²) >= 11 is 0. The van der Waals surface area contributed by atoms with Crippen LogP contribution in [0.4, 0.5) is 13.2 Å². The van der Waals surface area contributed by atoms with Crippen LogP contribution in [0.3, 0.4) is 0 Å². The summed E-state index contributed by atoms with van der Waals surface area (Å²) in [7, 11) is 0. The molecule has 18 heavy (non-hydrogen) atoms. The average Bonchev–Trinajstić information content (AvgIpc) is 2.26. The summed E-state index contributed by atoms with van der Waals surface area (Å²) in [6.45, 7) is 1.59. The molecular weight excluding hydrogens is 249 g/mol. The van der Waals surface area contributed by atoms with Gasteiger partial charge in [0.2, 0.25) is 0 Å². The summed E-state index contributed by atoms with van der Waals surface area (Å²) in [4.78, 5) is 10.6. The summed E-state index contributed by atoms with van der Waals surface area (Å²) in [6, 6.07) is 0. The Balaban J connectivity index is 2.38. The molecule has 2 N–H and O–H groups in total. The van der Waals surface area contributed by atoms with Gasteiger partial charge < -0.3 is 10.2 Å². The van der Waals surface area contributed by atoms with Crippen molar-refractivity contribution in [2.45, 2.75) is 57.2 Å². The lowest BCUT2D eigenvalue weighted by Crippen LogP contribution is -2.47. The van der Waals surface area contributed by atoms with Crippen LogP contribution >= 0.6 is 0 Å². The van der Waals surface area contributed by atoms with E-state index < -0.39 is 23.7 Å². The van der Waals surface area contributed by atoms with Crippen molar-refractivity contribution in [3.05, 3.63) is 0 Å². The molecule has 1 aliphatic carbocycles. The number of alkyl halides is 3. The van der Waals surface area contributed by atoms with Gasteiger partial charge in [-0.25, -0.2) is 0 Å². The van der Waals surface area contributed by atoms with Gasteiger partial charge in [-0.05, 0) is 44.4 Å². The second-order valence-corrected chi connectivity index (χ2v) is 5.29. The van der Waals surface area contributed by atoms with Crippen LogP contribution in [0.2, 0.25) is 0 Å². The van der Waals surface area contributed by atoms with Gasteiger partial charge in [0.15, 0.2) is 5.60 Å². The van der Waals surface area contributed by atoms with Gasteiger partial charge in [0.1, 0.15) is 0 Å². The van der Waals surface area contributed by atoms with Gasteiger partial charge in [-0.15, -0.1) is 0 Å². The first-order valence-corrected chi connectivity index (χ1v) is 6.17. The normalized spacial score (nSPS) is 31.1. The topological polar surface area (TPSA) is 57.5 Å². The zero-order chi connectivity index (χ0) is 14.0. The fourth-order valence-corrected chi connectivity index (χ4v) is 2.34. The van der Waals surface area contributed by atoms with Gasteiger partial charge in [-0.2, -0.15) is 13.2 Å². The highest BCUT2D eigenvalue weighted by Crippen LogP contribution is 2.44. The van der Waals surface area contributed by atoms with Gasteiger partial charge in [-0.1, -0.05) is 6.92 Å². The van der Waals surface area contributed by atoms with Crippen LogP contribution in [-0.2, 0) is 4.79 Å². The number of carbonyl (C=O) groups is 1. The van der Waals surface area contributed by atoms with Gasteiger partial charge in [-0.3, -0.25) is 4.79 Å². The number of carboxylic acids is 1. The fourth-order valence-electron chi connectivity index (χ4n) is 2.34. The Kier molecular flexibility index (Phi) is 4.64. The molecule has 6 heteroatoms. The third-order valence-corrected chi connectivity index (χ3v) is 3.89. The molecule has 1 saturated carbocycles. The smallest absolute Gasteiger partial charge is 0.417 e. The number of rotatable bonds is 4. The molecule has 0 aliphatic heterocycles. The molecule has 3 nitrogen and oxygen atoms in total. The second kappa shape index (κ2) is 5.47. The molecule has 0 amide bonds. The molecule has 1 fully saturated rings. The highest BCUT2D eigenvalue weighted by molar-refractivity contribution is 5.69. The molecule has 106 valence electrons. The van der Waals surface area contributed by atoms with Crippen LogP contribution in [-0.4, -0.2) is 28.0 Å². The minimum absolute atomic E-state index is 0.0921. The molecule has 0 heterocycles. The molecule has 0 aromatic rings. The third-order valence-electron chi connectivity index (χ3n) is 3.89.